The highest BCUT2D eigenvalue weighted by molar-refractivity contribution is 7.92. The summed E-state index contributed by atoms with van der Waals surface area (Å²) in [6, 6.07) is 10.8. The number of ether oxygens (including phenoxy) is 2. The fraction of sp³-hybridized carbons (Fsp3) is 0.278. The Kier molecular flexibility index (Phi) is 5.03. The number of hydrogen-bond acceptors (Lipinski definition) is 5. The smallest absolute Gasteiger partial charge is 0.261 e. The summed E-state index contributed by atoms with van der Waals surface area (Å²) in [6.45, 7) is 0. The second-order valence-electron chi connectivity index (χ2n) is 5.95. The fourth-order valence-electron chi connectivity index (χ4n) is 2.40. The first-order chi connectivity index (χ1) is 12.4. The summed E-state index contributed by atoms with van der Waals surface area (Å²) in [5, 5.41) is 2.86. The largest absolute Gasteiger partial charge is 0.493 e. The van der Waals surface area contributed by atoms with E-state index in [0.717, 1.165) is 12.8 Å². The second-order valence-corrected chi connectivity index (χ2v) is 7.63. The van der Waals surface area contributed by atoms with Gasteiger partial charge in [0, 0.05) is 17.7 Å². The SMILES string of the molecule is COc1ccc(NS(=O)(=O)c2ccc(C(=O)NC3CC3)cc2)cc1OC. The van der Waals surface area contributed by atoms with Gasteiger partial charge in [-0.3, -0.25) is 9.52 Å². The van der Waals surface area contributed by atoms with Crippen molar-refractivity contribution in [3.05, 3.63) is 48.0 Å². The van der Waals surface area contributed by atoms with E-state index in [-0.39, 0.29) is 16.8 Å². The quantitative estimate of drug-likeness (QED) is 0.774. The van der Waals surface area contributed by atoms with Crippen molar-refractivity contribution in [1.82, 2.24) is 5.32 Å². The molecule has 7 nitrogen and oxygen atoms in total. The molecule has 1 amide bonds. The van der Waals surface area contributed by atoms with Crippen LogP contribution in [0.1, 0.15) is 23.2 Å². The third kappa shape index (κ3) is 4.08. The lowest BCUT2D eigenvalue weighted by Crippen LogP contribution is -2.25. The number of carbonyl (C=O) groups is 1. The van der Waals surface area contributed by atoms with Crippen molar-refractivity contribution in [1.29, 1.82) is 0 Å². The molecule has 8 heteroatoms. The maximum absolute atomic E-state index is 12.5. The van der Waals surface area contributed by atoms with Gasteiger partial charge in [0.1, 0.15) is 0 Å². The Bertz CT molecular complexity index is 906. The van der Waals surface area contributed by atoms with Crippen LogP contribution in [0.4, 0.5) is 5.69 Å². The molecule has 0 saturated heterocycles. The van der Waals surface area contributed by atoms with Crippen LogP contribution in [0.5, 0.6) is 11.5 Å². The first kappa shape index (κ1) is 18.1. The third-order valence-electron chi connectivity index (χ3n) is 3.98. The Morgan fingerprint density at radius 2 is 1.65 bits per heavy atom. The molecule has 0 aliphatic heterocycles. The van der Waals surface area contributed by atoms with Crippen LogP contribution >= 0.6 is 0 Å². The standard InChI is InChI=1S/C18H20N2O5S/c1-24-16-10-7-14(11-17(16)25-2)20-26(22,23)15-8-3-12(4-9-15)18(21)19-13-5-6-13/h3-4,7-11,13,20H,5-6H2,1-2H3,(H,19,21). The summed E-state index contributed by atoms with van der Waals surface area (Å²) in [4.78, 5) is 12.0. The summed E-state index contributed by atoms with van der Waals surface area (Å²) >= 11 is 0. The first-order valence-corrected chi connectivity index (χ1v) is 9.57. The van der Waals surface area contributed by atoms with E-state index in [9.17, 15) is 13.2 Å². The van der Waals surface area contributed by atoms with Crippen LogP contribution in [-0.4, -0.2) is 34.6 Å². The van der Waals surface area contributed by atoms with Crippen molar-refractivity contribution >= 4 is 21.6 Å². The average molecular weight is 376 g/mol. The minimum Gasteiger partial charge on any atom is -0.493 e. The predicted molar refractivity (Wildman–Crippen MR) is 97.3 cm³/mol. The highest BCUT2D eigenvalue weighted by atomic mass is 32.2. The van der Waals surface area contributed by atoms with Crippen molar-refractivity contribution < 1.29 is 22.7 Å². The molecule has 0 unspecified atom stereocenters. The minimum absolute atomic E-state index is 0.0651. The Balaban J connectivity index is 1.76. The Hall–Kier alpha value is -2.74. The van der Waals surface area contributed by atoms with E-state index in [2.05, 4.69) is 10.0 Å². The molecule has 2 aromatic carbocycles. The van der Waals surface area contributed by atoms with Crippen LogP contribution in [0.15, 0.2) is 47.4 Å². The molecule has 1 fully saturated rings. The molecule has 138 valence electrons. The maximum Gasteiger partial charge on any atom is 0.261 e. The van der Waals surface area contributed by atoms with Gasteiger partial charge in [0.2, 0.25) is 0 Å². The normalized spacial score (nSPS) is 13.8. The summed E-state index contributed by atoms with van der Waals surface area (Å²) < 4.78 is 37.9. The zero-order valence-corrected chi connectivity index (χ0v) is 15.3. The van der Waals surface area contributed by atoms with Crippen molar-refractivity contribution in [2.24, 2.45) is 0 Å². The van der Waals surface area contributed by atoms with Gasteiger partial charge in [0.15, 0.2) is 11.5 Å². The van der Waals surface area contributed by atoms with Gasteiger partial charge in [0.25, 0.3) is 15.9 Å². The topological polar surface area (TPSA) is 93.7 Å². The lowest BCUT2D eigenvalue weighted by molar-refractivity contribution is 0.0951. The molecular formula is C18H20N2O5S. The van der Waals surface area contributed by atoms with Crippen LogP contribution in [-0.2, 0) is 10.0 Å². The van der Waals surface area contributed by atoms with E-state index < -0.39 is 10.0 Å². The minimum atomic E-state index is -3.79. The van der Waals surface area contributed by atoms with Gasteiger partial charge in [-0.1, -0.05) is 0 Å². The lowest BCUT2D eigenvalue weighted by Gasteiger charge is -2.12. The summed E-state index contributed by atoms with van der Waals surface area (Å²) in [5.41, 5.74) is 0.778. The highest BCUT2D eigenvalue weighted by Crippen LogP contribution is 2.30. The maximum atomic E-state index is 12.5. The number of methoxy groups -OCH3 is 2. The van der Waals surface area contributed by atoms with Gasteiger partial charge in [-0.15, -0.1) is 0 Å². The average Bonchev–Trinajstić information content (AvgIpc) is 3.45. The van der Waals surface area contributed by atoms with Crippen molar-refractivity contribution in [2.75, 3.05) is 18.9 Å². The van der Waals surface area contributed by atoms with E-state index in [4.69, 9.17) is 9.47 Å². The number of nitrogens with one attached hydrogen (secondary N) is 2. The molecule has 1 saturated carbocycles. The number of hydrogen-bond donors (Lipinski definition) is 2. The Morgan fingerprint density at radius 3 is 2.23 bits per heavy atom. The third-order valence-corrected chi connectivity index (χ3v) is 5.37. The zero-order chi connectivity index (χ0) is 18.7. The molecule has 2 N–H and O–H groups in total. The van der Waals surface area contributed by atoms with Gasteiger partial charge >= 0.3 is 0 Å². The van der Waals surface area contributed by atoms with Crippen molar-refractivity contribution in [3.63, 3.8) is 0 Å². The van der Waals surface area contributed by atoms with Crippen LogP contribution in [0.25, 0.3) is 0 Å². The first-order valence-electron chi connectivity index (χ1n) is 8.09. The van der Waals surface area contributed by atoms with Gasteiger partial charge in [-0.05, 0) is 49.2 Å². The summed E-state index contributed by atoms with van der Waals surface area (Å²) in [5.74, 6) is 0.727. The Labute approximate surface area is 152 Å². The number of amides is 1. The zero-order valence-electron chi connectivity index (χ0n) is 14.5. The number of rotatable bonds is 7. The fourth-order valence-corrected chi connectivity index (χ4v) is 3.45. The van der Waals surface area contributed by atoms with Gasteiger partial charge < -0.3 is 14.8 Å². The van der Waals surface area contributed by atoms with E-state index in [1.165, 1.54) is 44.6 Å². The number of anilines is 1. The second kappa shape index (κ2) is 7.25. The van der Waals surface area contributed by atoms with Gasteiger partial charge in [0.05, 0.1) is 24.8 Å². The lowest BCUT2D eigenvalue weighted by atomic mass is 10.2. The highest BCUT2D eigenvalue weighted by Gasteiger charge is 2.24. The van der Waals surface area contributed by atoms with Crippen LogP contribution in [0.3, 0.4) is 0 Å². The van der Waals surface area contributed by atoms with Gasteiger partial charge in [-0.2, -0.15) is 0 Å². The molecule has 0 aromatic heterocycles. The van der Waals surface area contributed by atoms with Crippen molar-refractivity contribution in [3.8, 4) is 11.5 Å². The molecule has 1 aliphatic rings. The molecule has 0 bridgehead atoms. The monoisotopic (exact) mass is 376 g/mol. The van der Waals surface area contributed by atoms with E-state index >= 15 is 0 Å². The van der Waals surface area contributed by atoms with Gasteiger partial charge in [-0.25, -0.2) is 8.42 Å². The summed E-state index contributed by atoms with van der Waals surface area (Å²) in [7, 11) is -0.813. The molecule has 0 atom stereocenters. The van der Waals surface area contributed by atoms with Crippen LogP contribution in [0, 0.1) is 0 Å². The molecule has 0 radical (unpaired) electrons. The molecule has 26 heavy (non-hydrogen) atoms. The van der Waals surface area contributed by atoms with Crippen LogP contribution < -0.4 is 19.5 Å². The molecule has 2 aromatic rings. The molecule has 1 aliphatic carbocycles. The van der Waals surface area contributed by atoms with E-state index in [1.54, 1.807) is 12.1 Å². The van der Waals surface area contributed by atoms with E-state index in [0.29, 0.717) is 22.7 Å². The summed E-state index contributed by atoms with van der Waals surface area (Å²) in [6.07, 6.45) is 1.99. The predicted octanol–water partition coefficient (Wildman–Crippen LogP) is 2.40. The van der Waals surface area contributed by atoms with Crippen molar-refractivity contribution in [2.45, 2.75) is 23.8 Å². The number of carbonyl (C=O) groups excluding carboxylic acids is 1. The number of sulfonamides is 1. The molecule has 0 heterocycles. The molecular weight excluding hydrogens is 356 g/mol. The Morgan fingerprint density at radius 1 is 1.00 bits per heavy atom. The van der Waals surface area contributed by atoms with E-state index in [1.807, 2.05) is 0 Å². The number of benzene rings is 2. The molecule has 3 rings (SSSR count). The van der Waals surface area contributed by atoms with Crippen LogP contribution in [0.2, 0.25) is 0 Å². The molecule has 0 spiro atoms.